The SMILES string of the molecule is Nc1cc2c(cc1COCCCC(F)(F)F)OCCO2. The fourth-order valence-corrected chi connectivity index (χ4v) is 1.83. The zero-order chi connectivity index (χ0) is 14.6. The van der Waals surface area contributed by atoms with Crippen molar-refractivity contribution in [3.8, 4) is 11.5 Å². The van der Waals surface area contributed by atoms with Crippen molar-refractivity contribution >= 4 is 5.69 Å². The Balaban J connectivity index is 1.84. The van der Waals surface area contributed by atoms with Crippen LogP contribution in [0.15, 0.2) is 12.1 Å². The van der Waals surface area contributed by atoms with Crippen LogP contribution in [0.5, 0.6) is 11.5 Å². The first kappa shape index (κ1) is 14.8. The Morgan fingerprint density at radius 3 is 2.45 bits per heavy atom. The van der Waals surface area contributed by atoms with E-state index in [4.69, 9.17) is 19.9 Å². The number of anilines is 1. The number of halogens is 3. The minimum absolute atomic E-state index is 0.0351. The summed E-state index contributed by atoms with van der Waals surface area (Å²) in [5.41, 5.74) is 6.99. The van der Waals surface area contributed by atoms with Gasteiger partial charge in [0.15, 0.2) is 11.5 Å². The lowest BCUT2D eigenvalue weighted by molar-refractivity contribution is -0.138. The van der Waals surface area contributed by atoms with Crippen molar-refractivity contribution in [3.05, 3.63) is 17.7 Å². The monoisotopic (exact) mass is 291 g/mol. The number of nitrogen functional groups attached to an aromatic ring is 1. The Morgan fingerprint density at radius 1 is 1.15 bits per heavy atom. The van der Waals surface area contributed by atoms with Crippen LogP contribution in [-0.2, 0) is 11.3 Å². The first-order chi connectivity index (χ1) is 9.46. The number of fused-ring (bicyclic) bond motifs is 1. The smallest absolute Gasteiger partial charge is 0.389 e. The highest BCUT2D eigenvalue weighted by atomic mass is 19.4. The van der Waals surface area contributed by atoms with E-state index >= 15 is 0 Å². The molecule has 0 radical (unpaired) electrons. The first-order valence-electron chi connectivity index (χ1n) is 6.28. The van der Waals surface area contributed by atoms with E-state index in [-0.39, 0.29) is 19.6 Å². The molecule has 2 rings (SSSR count). The third-order valence-corrected chi connectivity index (χ3v) is 2.81. The summed E-state index contributed by atoms with van der Waals surface area (Å²) in [5, 5.41) is 0. The summed E-state index contributed by atoms with van der Waals surface area (Å²) < 4.78 is 51.8. The molecule has 0 aromatic heterocycles. The second-order valence-electron chi connectivity index (χ2n) is 4.47. The van der Waals surface area contributed by atoms with Gasteiger partial charge in [0.25, 0.3) is 0 Å². The van der Waals surface area contributed by atoms with Gasteiger partial charge in [-0.3, -0.25) is 0 Å². The van der Waals surface area contributed by atoms with Gasteiger partial charge < -0.3 is 19.9 Å². The van der Waals surface area contributed by atoms with Gasteiger partial charge in [0.1, 0.15) is 13.2 Å². The van der Waals surface area contributed by atoms with Gasteiger partial charge in [0.05, 0.1) is 6.61 Å². The molecule has 1 aromatic carbocycles. The molecule has 0 saturated heterocycles. The van der Waals surface area contributed by atoms with E-state index in [9.17, 15) is 13.2 Å². The second kappa shape index (κ2) is 6.21. The summed E-state index contributed by atoms with van der Waals surface area (Å²) in [7, 11) is 0. The van der Waals surface area contributed by atoms with Crippen molar-refractivity contribution in [2.75, 3.05) is 25.6 Å². The number of benzene rings is 1. The van der Waals surface area contributed by atoms with Gasteiger partial charge in [-0.2, -0.15) is 13.2 Å². The van der Waals surface area contributed by atoms with Crippen molar-refractivity contribution in [1.82, 2.24) is 0 Å². The highest BCUT2D eigenvalue weighted by Crippen LogP contribution is 2.34. The zero-order valence-electron chi connectivity index (χ0n) is 10.8. The van der Waals surface area contributed by atoms with Gasteiger partial charge in [-0.15, -0.1) is 0 Å². The maximum Gasteiger partial charge on any atom is 0.389 e. The molecule has 0 atom stereocenters. The molecule has 0 saturated carbocycles. The number of rotatable bonds is 5. The summed E-state index contributed by atoms with van der Waals surface area (Å²) in [6, 6.07) is 3.34. The third kappa shape index (κ3) is 4.19. The topological polar surface area (TPSA) is 53.7 Å². The van der Waals surface area contributed by atoms with Crippen LogP contribution in [0.2, 0.25) is 0 Å². The third-order valence-electron chi connectivity index (χ3n) is 2.81. The standard InChI is InChI=1S/C13H16F3NO3/c14-13(15,16)2-1-3-18-8-9-6-11-12(7-10(9)17)20-5-4-19-11/h6-7H,1-5,8,17H2. The number of alkyl halides is 3. The number of nitrogens with two attached hydrogens (primary N) is 1. The van der Waals surface area contributed by atoms with Crippen molar-refractivity contribution in [3.63, 3.8) is 0 Å². The molecule has 20 heavy (non-hydrogen) atoms. The van der Waals surface area contributed by atoms with Crippen LogP contribution in [0.4, 0.5) is 18.9 Å². The van der Waals surface area contributed by atoms with Crippen molar-refractivity contribution in [2.45, 2.75) is 25.6 Å². The predicted octanol–water partition coefficient (Wildman–Crippen LogP) is 2.90. The number of hydrogen-bond acceptors (Lipinski definition) is 4. The summed E-state index contributed by atoms with van der Waals surface area (Å²) in [5.74, 6) is 1.16. The van der Waals surface area contributed by atoms with Crippen LogP contribution >= 0.6 is 0 Å². The summed E-state index contributed by atoms with van der Waals surface area (Å²) in [4.78, 5) is 0. The van der Waals surface area contributed by atoms with E-state index in [1.54, 1.807) is 12.1 Å². The van der Waals surface area contributed by atoms with E-state index < -0.39 is 12.6 Å². The van der Waals surface area contributed by atoms with Crippen LogP contribution in [-0.4, -0.2) is 26.0 Å². The minimum Gasteiger partial charge on any atom is -0.486 e. The Hall–Kier alpha value is -1.63. The van der Waals surface area contributed by atoms with E-state index in [1.165, 1.54) is 0 Å². The lowest BCUT2D eigenvalue weighted by Gasteiger charge is -2.20. The van der Waals surface area contributed by atoms with E-state index in [0.29, 0.717) is 36.0 Å². The lowest BCUT2D eigenvalue weighted by Crippen LogP contribution is -2.16. The molecule has 2 N–H and O–H groups in total. The normalized spacial score (nSPS) is 14.3. The molecule has 1 aromatic rings. The summed E-state index contributed by atoms with van der Waals surface area (Å²) in [6.07, 6.45) is -5.04. The van der Waals surface area contributed by atoms with Gasteiger partial charge in [-0.05, 0) is 12.5 Å². The molecule has 112 valence electrons. The van der Waals surface area contributed by atoms with E-state index in [0.717, 1.165) is 0 Å². The molecular formula is C13H16F3NO3. The van der Waals surface area contributed by atoms with Crippen LogP contribution < -0.4 is 15.2 Å². The lowest BCUT2D eigenvalue weighted by atomic mass is 10.1. The quantitative estimate of drug-likeness (QED) is 0.669. The average molecular weight is 291 g/mol. The fourth-order valence-electron chi connectivity index (χ4n) is 1.83. The maximum absolute atomic E-state index is 12.0. The number of ether oxygens (including phenoxy) is 3. The van der Waals surface area contributed by atoms with E-state index in [1.807, 2.05) is 0 Å². The Labute approximate surface area is 114 Å². The highest BCUT2D eigenvalue weighted by molar-refractivity contribution is 5.58. The minimum atomic E-state index is -4.14. The maximum atomic E-state index is 12.0. The van der Waals surface area contributed by atoms with Gasteiger partial charge >= 0.3 is 6.18 Å². The molecule has 0 unspecified atom stereocenters. The molecule has 0 aliphatic carbocycles. The molecule has 0 spiro atoms. The van der Waals surface area contributed by atoms with Gasteiger partial charge in [0.2, 0.25) is 0 Å². The van der Waals surface area contributed by atoms with Gasteiger partial charge in [0, 0.05) is 30.3 Å². The second-order valence-corrected chi connectivity index (χ2v) is 4.47. The molecule has 0 amide bonds. The zero-order valence-corrected chi connectivity index (χ0v) is 10.8. The first-order valence-corrected chi connectivity index (χ1v) is 6.28. The van der Waals surface area contributed by atoms with Crippen molar-refractivity contribution in [2.24, 2.45) is 0 Å². The van der Waals surface area contributed by atoms with Crippen molar-refractivity contribution < 1.29 is 27.4 Å². The molecule has 1 aliphatic rings. The molecule has 7 heteroatoms. The van der Waals surface area contributed by atoms with Crippen LogP contribution in [0.1, 0.15) is 18.4 Å². The molecular weight excluding hydrogens is 275 g/mol. The predicted molar refractivity (Wildman–Crippen MR) is 66.8 cm³/mol. The Morgan fingerprint density at radius 2 is 1.80 bits per heavy atom. The molecule has 0 fully saturated rings. The summed E-state index contributed by atoms with van der Waals surface area (Å²) >= 11 is 0. The van der Waals surface area contributed by atoms with Crippen LogP contribution in [0.25, 0.3) is 0 Å². The number of hydrogen-bond donors (Lipinski definition) is 1. The van der Waals surface area contributed by atoms with Gasteiger partial charge in [-0.25, -0.2) is 0 Å². The van der Waals surface area contributed by atoms with Gasteiger partial charge in [-0.1, -0.05) is 0 Å². The van der Waals surface area contributed by atoms with Crippen LogP contribution in [0, 0.1) is 0 Å². The average Bonchev–Trinajstić information content (AvgIpc) is 2.37. The Kier molecular flexibility index (Phi) is 4.59. The van der Waals surface area contributed by atoms with E-state index in [2.05, 4.69) is 0 Å². The molecule has 1 aliphatic heterocycles. The molecule has 4 nitrogen and oxygen atoms in total. The summed E-state index contributed by atoms with van der Waals surface area (Å²) in [6.45, 7) is 1.12. The molecule has 1 heterocycles. The molecule has 0 bridgehead atoms. The Bertz CT molecular complexity index is 463. The largest absolute Gasteiger partial charge is 0.486 e. The van der Waals surface area contributed by atoms with Crippen molar-refractivity contribution in [1.29, 1.82) is 0 Å². The fraction of sp³-hybridized carbons (Fsp3) is 0.538. The highest BCUT2D eigenvalue weighted by Gasteiger charge is 2.26. The van der Waals surface area contributed by atoms with Crippen LogP contribution in [0.3, 0.4) is 0 Å².